The Morgan fingerprint density at radius 1 is 1.32 bits per heavy atom. The van der Waals surface area contributed by atoms with E-state index in [1.807, 2.05) is 30.3 Å². The molecule has 0 bridgehead atoms. The number of rotatable bonds is 4. The number of ether oxygens (including phenoxy) is 2. The number of aryl methyl sites for hydroxylation is 1. The van der Waals surface area contributed by atoms with E-state index in [0.717, 1.165) is 5.56 Å². The van der Waals surface area contributed by atoms with Gasteiger partial charge in [-0.15, -0.1) is 5.10 Å². The topological polar surface area (TPSA) is 53.4 Å². The van der Waals surface area contributed by atoms with Gasteiger partial charge in [-0.25, -0.2) is 4.79 Å². The SMILES string of the molecule is COC(=O)c1c(C)c(OCc2ccccc2)nn1C. The van der Waals surface area contributed by atoms with Gasteiger partial charge in [0.15, 0.2) is 5.69 Å². The maximum Gasteiger partial charge on any atom is 0.356 e. The van der Waals surface area contributed by atoms with Crippen molar-refractivity contribution in [3.8, 4) is 5.88 Å². The van der Waals surface area contributed by atoms with Gasteiger partial charge in [-0.2, -0.15) is 0 Å². The van der Waals surface area contributed by atoms with Crippen LogP contribution in [0.5, 0.6) is 5.88 Å². The van der Waals surface area contributed by atoms with Gasteiger partial charge in [-0.1, -0.05) is 30.3 Å². The van der Waals surface area contributed by atoms with Crippen LogP contribution in [0.2, 0.25) is 0 Å². The van der Waals surface area contributed by atoms with Crippen LogP contribution in [0.4, 0.5) is 0 Å². The van der Waals surface area contributed by atoms with Crippen LogP contribution in [0.15, 0.2) is 30.3 Å². The fourth-order valence-corrected chi connectivity index (χ4v) is 1.85. The molecule has 2 aromatic rings. The molecule has 100 valence electrons. The molecule has 5 heteroatoms. The van der Waals surface area contributed by atoms with E-state index in [4.69, 9.17) is 9.47 Å². The highest BCUT2D eigenvalue weighted by atomic mass is 16.5. The second-order valence-corrected chi connectivity index (χ2v) is 4.17. The van der Waals surface area contributed by atoms with Crippen molar-refractivity contribution in [3.63, 3.8) is 0 Å². The van der Waals surface area contributed by atoms with E-state index in [1.54, 1.807) is 14.0 Å². The number of benzene rings is 1. The van der Waals surface area contributed by atoms with Crippen molar-refractivity contribution >= 4 is 5.97 Å². The quantitative estimate of drug-likeness (QED) is 0.790. The van der Waals surface area contributed by atoms with Crippen molar-refractivity contribution in [1.29, 1.82) is 0 Å². The first-order valence-electron chi connectivity index (χ1n) is 5.92. The van der Waals surface area contributed by atoms with E-state index in [2.05, 4.69) is 5.10 Å². The van der Waals surface area contributed by atoms with E-state index < -0.39 is 5.97 Å². The van der Waals surface area contributed by atoms with Crippen LogP contribution < -0.4 is 4.74 Å². The summed E-state index contributed by atoms with van der Waals surface area (Å²) in [5, 5.41) is 4.19. The molecule has 0 saturated heterocycles. The molecule has 0 unspecified atom stereocenters. The molecule has 0 atom stereocenters. The summed E-state index contributed by atoms with van der Waals surface area (Å²) < 4.78 is 11.8. The highest BCUT2D eigenvalue weighted by Gasteiger charge is 2.20. The summed E-state index contributed by atoms with van der Waals surface area (Å²) in [4.78, 5) is 11.6. The molecule has 0 fully saturated rings. The zero-order chi connectivity index (χ0) is 13.8. The summed E-state index contributed by atoms with van der Waals surface area (Å²) in [6.07, 6.45) is 0. The van der Waals surface area contributed by atoms with Crippen molar-refractivity contribution in [2.75, 3.05) is 7.11 Å². The second-order valence-electron chi connectivity index (χ2n) is 4.17. The summed E-state index contributed by atoms with van der Waals surface area (Å²) in [7, 11) is 3.04. The summed E-state index contributed by atoms with van der Waals surface area (Å²) in [5.74, 6) is 0.0359. The normalized spacial score (nSPS) is 10.3. The number of nitrogens with zero attached hydrogens (tertiary/aromatic N) is 2. The van der Waals surface area contributed by atoms with Crippen LogP contribution in [0, 0.1) is 6.92 Å². The van der Waals surface area contributed by atoms with Gasteiger partial charge in [0, 0.05) is 12.6 Å². The summed E-state index contributed by atoms with van der Waals surface area (Å²) in [5.41, 5.74) is 2.14. The minimum Gasteiger partial charge on any atom is -0.472 e. The molecule has 0 saturated carbocycles. The Labute approximate surface area is 111 Å². The van der Waals surface area contributed by atoms with Gasteiger partial charge in [0.05, 0.1) is 7.11 Å². The largest absolute Gasteiger partial charge is 0.472 e. The lowest BCUT2D eigenvalue weighted by Crippen LogP contribution is -2.09. The van der Waals surface area contributed by atoms with Gasteiger partial charge in [-0.3, -0.25) is 4.68 Å². The number of carbonyl (C=O) groups is 1. The molecule has 1 heterocycles. The van der Waals surface area contributed by atoms with E-state index >= 15 is 0 Å². The third-order valence-corrected chi connectivity index (χ3v) is 2.84. The van der Waals surface area contributed by atoms with Crippen molar-refractivity contribution in [2.45, 2.75) is 13.5 Å². The summed E-state index contributed by atoms with van der Waals surface area (Å²) in [6, 6.07) is 9.79. The zero-order valence-corrected chi connectivity index (χ0v) is 11.2. The minimum atomic E-state index is -0.415. The lowest BCUT2D eigenvalue weighted by atomic mass is 10.2. The van der Waals surface area contributed by atoms with Crippen molar-refractivity contribution in [2.24, 2.45) is 7.05 Å². The molecule has 19 heavy (non-hydrogen) atoms. The lowest BCUT2D eigenvalue weighted by Gasteiger charge is -2.03. The molecular weight excluding hydrogens is 244 g/mol. The molecule has 0 aliphatic heterocycles. The summed E-state index contributed by atoms with van der Waals surface area (Å²) >= 11 is 0. The van der Waals surface area contributed by atoms with Gasteiger partial charge >= 0.3 is 5.97 Å². The predicted octanol–water partition coefficient (Wildman–Crippen LogP) is 2.09. The Bertz CT molecular complexity index is 576. The van der Waals surface area contributed by atoms with Gasteiger partial charge in [0.2, 0.25) is 5.88 Å². The monoisotopic (exact) mass is 260 g/mol. The first-order valence-corrected chi connectivity index (χ1v) is 5.92. The number of esters is 1. The Balaban J connectivity index is 2.16. The minimum absolute atomic E-state index is 0.408. The predicted molar refractivity (Wildman–Crippen MR) is 70.1 cm³/mol. The molecule has 0 radical (unpaired) electrons. The van der Waals surface area contributed by atoms with E-state index in [1.165, 1.54) is 11.8 Å². The second kappa shape index (κ2) is 5.56. The molecule has 0 N–H and O–H groups in total. The Morgan fingerprint density at radius 3 is 2.63 bits per heavy atom. The van der Waals surface area contributed by atoms with Gasteiger partial charge in [0.1, 0.15) is 6.61 Å². The van der Waals surface area contributed by atoms with E-state index in [9.17, 15) is 4.79 Å². The average Bonchev–Trinajstić information content (AvgIpc) is 2.71. The standard InChI is InChI=1S/C14H16N2O3/c1-10-12(14(17)18-3)16(2)15-13(10)19-9-11-7-5-4-6-8-11/h4-8H,9H2,1-3H3. The first-order chi connectivity index (χ1) is 9.13. The van der Waals surface area contributed by atoms with Crippen LogP contribution in [0.1, 0.15) is 21.6 Å². The number of carbonyl (C=O) groups excluding carboxylic acids is 1. The van der Waals surface area contributed by atoms with Crippen molar-refractivity contribution < 1.29 is 14.3 Å². The molecular formula is C14H16N2O3. The Hall–Kier alpha value is -2.30. The maximum atomic E-state index is 11.6. The lowest BCUT2D eigenvalue weighted by molar-refractivity contribution is 0.0587. The number of hydrogen-bond donors (Lipinski definition) is 0. The van der Waals surface area contributed by atoms with Gasteiger partial charge < -0.3 is 9.47 Å². The first kappa shape index (κ1) is 13.1. The van der Waals surface area contributed by atoms with E-state index in [-0.39, 0.29) is 0 Å². The molecule has 1 aromatic carbocycles. The van der Waals surface area contributed by atoms with Crippen molar-refractivity contribution in [1.82, 2.24) is 9.78 Å². The molecule has 0 aliphatic rings. The molecule has 0 spiro atoms. The highest BCUT2D eigenvalue weighted by Crippen LogP contribution is 2.21. The van der Waals surface area contributed by atoms with E-state index in [0.29, 0.717) is 23.7 Å². The third kappa shape index (κ3) is 2.76. The summed E-state index contributed by atoms with van der Waals surface area (Å²) in [6.45, 7) is 2.21. The van der Waals surface area contributed by atoms with Crippen LogP contribution in [-0.2, 0) is 18.4 Å². The van der Waals surface area contributed by atoms with Gasteiger partial charge in [-0.05, 0) is 12.5 Å². The molecule has 5 nitrogen and oxygen atoms in total. The van der Waals surface area contributed by atoms with Crippen LogP contribution in [0.3, 0.4) is 0 Å². The molecule has 0 aliphatic carbocycles. The van der Waals surface area contributed by atoms with Crippen LogP contribution in [0.25, 0.3) is 0 Å². The fraction of sp³-hybridized carbons (Fsp3) is 0.286. The van der Waals surface area contributed by atoms with Gasteiger partial charge in [0.25, 0.3) is 0 Å². The zero-order valence-electron chi connectivity index (χ0n) is 11.2. The number of hydrogen-bond acceptors (Lipinski definition) is 4. The van der Waals surface area contributed by atoms with Crippen molar-refractivity contribution in [3.05, 3.63) is 47.2 Å². The number of aromatic nitrogens is 2. The fourth-order valence-electron chi connectivity index (χ4n) is 1.85. The molecule has 2 rings (SSSR count). The third-order valence-electron chi connectivity index (χ3n) is 2.84. The molecule has 0 amide bonds. The Morgan fingerprint density at radius 2 is 2.00 bits per heavy atom. The van der Waals surface area contributed by atoms with Crippen LogP contribution in [-0.4, -0.2) is 22.9 Å². The Kier molecular flexibility index (Phi) is 3.85. The highest BCUT2D eigenvalue weighted by molar-refractivity contribution is 5.89. The van der Waals surface area contributed by atoms with Crippen LogP contribution >= 0.6 is 0 Å². The maximum absolute atomic E-state index is 11.6. The average molecular weight is 260 g/mol. The smallest absolute Gasteiger partial charge is 0.356 e. The molecule has 1 aromatic heterocycles. The number of methoxy groups -OCH3 is 1.